The van der Waals surface area contributed by atoms with Gasteiger partial charge in [0, 0.05) is 23.8 Å². The second-order valence-electron chi connectivity index (χ2n) is 4.96. The summed E-state index contributed by atoms with van der Waals surface area (Å²) in [6.45, 7) is 3.95. The van der Waals surface area contributed by atoms with Gasteiger partial charge in [-0.3, -0.25) is 14.6 Å². The summed E-state index contributed by atoms with van der Waals surface area (Å²) >= 11 is 0. The average Bonchev–Trinajstić information content (AvgIpc) is 3.22. The summed E-state index contributed by atoms with van der Waals surface area (Å²) in [6.07, 6.45) is 4.42. The van der Waals surface area contributed by atoms with E-state index in [1.807, 2.05) is 13.8 Å². The van der Waals surface area contributed by atoms with E-state index in [0.29, 0.717) is 11.3 Å². The molecule has 0 spiro atoms. The van der Waals surface area contributed by atoms with Crippen LogP contribution in [-0.2, 0) is 0 Å². The number of carbonyl (C=O) groups excluding carboxylic acids is 2. The van der Waals surface area contributed by atoms with E-state index in [4.69, 9.17) is 0 Å². The van der Waals surface area contributed by atoms with Crippen molar-refractivity contribution in [3.8, 4) is 0 Å². The summed E-state index contributed by atoms with van der Waals surface area (Å²) in [5, 5.41) is 5.72. The third-order valence-corrected chi connectivity index (χ3v) is 3.16. The molecule has 1 aromatic heterocycles. The molecule has 19 heavy (non-hydrogen) atoms. The van der Waals surface area contributed by atoms with Gasteiger partial charge in [0.15, 0.2) is 0 Å². The highest BCUT2D eigenvalue weighted by Crippen LogP contribution is 2.19. The van der Waals surface area contributed by atoms with Gasteiger partial charge in [-0.25, -0.2) is 0 Å². The van der Waals surface area contributed by atoms with E-state index >= 15 is 0 Å². The zero-order valence-electron chi connectivity index (χ0n) is 11.3. The number of nitrogens with one attached hydrogen (secondary N) is 2. The second-order valence-corrected chi connectivity index (χ2v) is 4.96. The van der Waals surface area contributed by atoms with E-state index < -0.39 is 0 Å². The Morgan fingerprint density at radius 3 is 2.79 bits per heavy atom. The molecule has 1 fully saturated rings. The van der Waals surface area contributed by atoms with Crippen LogP contribution in [0.15, 0.2) is 18.3 Å². The van der Waals surface area contributed by atoms with E-state index in [1.165, 1.54) is 12.3 Å². The van der Waals surface area contributed by atoms with Crippen molar-refractivity contribution in [3.63, 3.8) is 0 Å². The van der Waals surface area contributed by atoms with Gasteiger partial charge >= 0.3 is 0 Å². The van der Waals surface area contributed by atoms with Crippen LogP contribution >= 0.6 is 0 Å². The minimum absolute atomic E-state index is 0.115. The van der Waals surface area contributed by atoms with Gasteiger partial charge in [-0.2, -0.15) is 0 Å². The lowest BCUT2D eigenvalue weighted by Crippen LogP contribution is -2.32. The smallest absolute Gasteiger partial charge is 0.270 e. The number of nitrogens with zero attached hydrogens (tertiary/aromatic N) is 1. The Bertz CT molecular complexity index is 483. The first-order valence-corrected chi connectivity index (χ1v) is 6.68. The largest absolute Gasteiger partial charge is 0.350 e. The molecule has 0 aromatic carbocycles. The summed E-state index contributed by atoms with van der Waals surface area (Å²) in [6, 6.07) is 3.55. The maximum absolute atomic E-state index is 12.0. The Morgan fingerprint density at radius 2 is 2.16 bits per heavy atom. The zero-order valence-corrected chi connectivity index (χ0v) is 11.3. The quantitative estimate of drug-likeness (QED) is 0.843. The maximum atomic E-state index is 12.0. The van der Waals surface area contributed by atoms with Crippen molar-refractivity contribution >= 4 is 11.8 Å². The third-order valence-electron chi connectivity index (χ3n) is 3.16. The first-order chi connectivity index (χ1) is 9.10. The molecule has 102 valence electrons. The third kappa shape index (κ3) is 3.77. The first kappa shape index (κ1) is 13.5. The SMILES string of the molecule is CCC(C)NC(=O)c1ccnc(C(=O)NC2CC2)c1. The van der Waals surface area contributed by atoms with E-state index in [-0.39, 0.29) is 23.9 Å². The van der Waals surface area contributed by atoms with Crippen molar-refractivity contribution in [1.29, 1.82) is 0 Å². The fourth-order valence-corrected chi connectivity index (χ4v) is 1.59. The molecular formula is C14H19N3O2. The number of amides is 2. The van der Waals surface area contributed by atoms with Crippen molar-refractivity contribution in [3.05, 3.63) is 29.6 Å². The van der Waals surface area contributed by atoms with Crippen LogP contribution < -0.4 is 10.6 Å². The molecule has 1 aliphatic rings. The fraction of sp³-hybridized carbons (Fsp3) is 0.500. The molecule has 2 amide bonds. The van der Waals surface area contributed by atoms with Gasteiger partial charge in [0.1, 0.15) is 5.69 Å². The van der Waals surface area contributed by atoms with Crippen molar-refractivity contribution in [2.24, 2.45) is 0 Å². The molecule has 1 saturated carbocycles. The Kier molecular flexibility index (Phi) is 4.14. The van der Waals surface area contributed by atoms with Gasteiger partial charge in [-0.05, 0) is 38.3 Å². The van der Waals surface area contributed by atoms with Crippen LogP contribution in [0.1, 0.15) is 54.0 Å². The van der Waals surface area contributed by atoms with Crippen LogP contribution in [-0.4, -0.2) is 28.9 Å². The van der Waals surface area contributed by atoms with Crippen LogP contribution in [0.3, 0.4) is 0 Å². The van der Waals surface area contributed by atoms with Crippen LogP contribution in [0.2, 0.25) is 0 Å². The molecule has 2 N–H and O–H groups in total. The second kappa shape index (κ2) is 5.82. The molecule has 1 unspecified atom stereocenters. The van der Waals surface area contributed by atoms with Crippen molar-refractivity contribution < 1.29 is 9.59 Å². The molecule has 2 rings (SSSR count). The lowest BCUT2D eigenvalue weighted by Gasteiger charge is -2.11. The van der Waals surface area contributed by atoms with Crippen LogP contribution in [0.4, 0.5) is 0 Å². The Morgan fingerprint density at radius 1 is 1.42 bits per heavy atom. The molecule has 1 aromatic rings. The van der Waals surface area contributed by atoms with Gasteiger partial charge in [-0.1, -0.05) is 6.92 Å². The normalized spacial score (nSPS) is 15.7. The molecule has 1 heterocycles. The van der Waals surface area contributed by atoms with Crippen LogP contribution in [0, 0.1) is 0 Å². The van der Waals surface area contributed by atoms with Gasteiger partial charge < -0.3 is 10.6 Å². The summed E-state index contributed by atoms with van der Waals surface area (Å²) in [4.78, 5) is 27.8. The standard InChI is InChI=1S/C14H19N3O2/c1-3-9(2)16-13(18)10-6-7-15-12(8-10)14(19)17-11-4-5-11/h6-9,11H,3-5H2,1-2H3,(H,16,18)(H,17,19). The van der Waals surface area contributed by atoms with E-state index in [9.17, 15) is 9.59 Å². The lowest BCUT2D eigenvalue weighted by atomic mass is 10.2. The first-order valence-electron chi connectivity index (χ1n) is 6.68. The predicted molar refractivity (Wildman–Crippen MR) is 71.9 cm³/mol. The van der Waals surface area contributed by atoms with Gasteiger partial charge in [0.2, 0.25) is 0 Å². The van der Waals surface area contributed by atoms with Gasteiger partial charge in [0.05, 0.1) is 0 Å². The van der Waals surface area contributed by atoms with E-state index in [1.54, 1.807) is 6.07 Å². The average molecular weight is 261 g/mol. The van der Waals surface area contributed by atoms with E-state index in [2.05, 4.69) is 15.6 Å². The highest BCUT2D eigenvalue weighted by Gasteiger charge is 2.24. The minimum atomic E-state index is -0.208. The maximum Gasteiger partial charge on any atom is 0.270 e. The minimum Gasteiger partial charge on any atom is -0.350 e. The molecule has 5 heteroatoms. The van der Waals surface area contributed by atoms with Crippen molar-refractivity contribution in [1.82, 2.24) is 15.6 Å². The van der Waals surface area contributed by atoms with Gasteiger partial charge in [0.25, 0.3) is 11.8 Å². The molecular weight excluding hydrogens is 242 g/mol. The molecule has 1 aliphatic carbocycles. The molecule has 5 nitrogen and oxygen atoms in total. The highest BCUT2D eigenvalue weighted by molar-refractivity contribution is 5.98. The Balaban J connectivity index is 2.05. The molecule has 0 saturated heterocycles. The zero-order chi connectivity index (χ0) is 13.8. The predicted octanol–water partition coefficient (Wildman–Crippen LogP) is 1.50. The number of rotatable bonds is 5. The number of pyridine rings is 1. The van der Waals surface area contributed by atoms with Crippen molar-refractivity contribution in [2.75, 3.05) is 0 Å². The number of hydrogen-bond acceptors (Lipinski definition) is 3. The number of aromatic nitrogens is 1. The highest BCUT2D eigenvalue weighted by atomic mass is 16.2. The topological polar surface area (TPSA) is 71.1 Å². The summed E-state index contributed by atoms with van der Waals surface area (Å²) in [5.41, 5.74) is 0.764. The lowest BCUT2D eigenvalue weighted by molar-refractivity contribution is 0.0939. The van der Waals surface area contributed by atoms with E-state index in [0.717, 1.165) is 19.3 Å². The van der Waals surface area contributed by atoms with Crippen LogP contribution in [0.25, 0.3) is 0 Å². The number of hydrogen-bond donors (Lipinski definition) is 2. The summed E-state index contributed by atoms with van der Waals surface area (Å²) < 4.78 is 0. The summed E-state index contributed by atoms with van der Waals surface area (Å²) in [7, 11) is 0. The van der Waals surface area contributed by atoms with Crippen molar-refractivity contribution in [2.45, 2.75) is 45.2 Å². The fourth-order valence-electron chi connectivity index (χ4n) is 1.59. The molecule has 1 atom stereocenters. The Hall–Kier alpha value is -1.91. The monoisotopic (exact) mass is 261 g/mol. The van der Waals surface area contributed by atoms with Crippen LogP contribution in [0.5, 0.6) is 0 Å². The number of carbonyl (C=O) groups is 2. The van der Waals surface area contributed by atoms with Gasteiger partial charge in [-0.15, -0.1) is 0 Å². The molecule has 0 aliphatic heterocycles. The molecule has 0 bridgehead atoms. The Labute approximate surface area is 112 Å². The summed E-state index contributed by atoms with van der Waals surface area (Å²) in [5.74, 6) is -0.377. The molecule has 0 radical (unpaired) electrons.